The van der Waals surface area contributed by atoms with Gasteiger partial charge in [-0.3, -0.25) is 4.79 Å². The summed E-state index contributed by atoms with van der Waals surface area (Å²) < 4.78 is 36.4. The van der Waals surface area contributed by atoms with E-state index >= 15 is 0 Å². The van der Waals surface area contributed by atoms with Crippen LogP contribution >= 0.6 is 0 Å². The lowest BCUT2D eigenvalue weighted by Gasteiger charge is -2.13. The second-order valence-electron chi connectivity index (χ2n) is 4.32. The number of esters is 1. The Labute approximate surface area is 122 Å². The van der Waals surface area contributed by atoms with E-state index in [4.69, 9.17) is 14.3 Å². The number of rotatable bonds is 6. The first-order chi connectivity index (χ1) is 9.61. The van der Waals surface area contributed by atoms with Crippen LogP contribution in [-0.2, 0) is 19.6 Å². The normalized spacial score (nSPS) is 13.0. The average molecular weight is 319 g/mol. The van der Waals surface area contributed by atoms with Gasteiger partial charge in [-0.05, 0) is 27.7 Å². The summed E-state index contributed by atoms with van der Waals surface area (Å²) in [5, 5.41) is 9.11. The fourth-order valence-corrected chi connectivity index (χ4v) is 3.44. The molecule has 0 saturated carbocycles. The SMILES string of the molecule is CCOC(=O)C(C)NS(=O)(=O)c1c(C)oc(C)c1C(=O)O. The van der Waals surface area contributed by atoms with Gasteiger partial charge in [-0.25, -0.2) is 13.2 Å². The Kier molecular flexibility index (Phi) is 5.13. The van der Waals surface area contributed by atoms with Gasteiger partial charge in [0.1, 0.15) is 28.0 Å². The van der Waals surface area contributed by atoms with Crippen molar-refractivity contribution in [2.45, 2.75) is 38.6 Å². The maximum absolute atomic E-state index is 12.3. The predicted molar refractivity (Wildman–Crippen MR) is 71.6 cm³/mol. The molecule has 0 spiro atoms. The highest BCUT2D eigenvalue weighted by atomic mass is 32.2. The predicted octanol–water partition coefficient (Wildman–Crippen LogP) is 0.825. The number of ether oxygens (including phenoxy) is 1. The lowest BCUT2D eigenvalue weighted by Crippen LogP contribution is -2.40. The molecule has 21 heavy (non-hydrogen) atoms. The molecule has 8 nitrogen and oxygen atoms in total. The lowest BCUT2D eigenvalue weighted by molar-refractivity contribution is -0.144. The second kappa shape index (κ2) is 6.27. The van der Waals surface area contributed by atoms with Crippen LogP contribution < -0.4 is 4.72 Å². The molecule has 0 aliphatic carbocycles. The molecule has 0 saturated heterocycles. The van der Waals surface area contributed by atoms with Crippen LogP contribution in [-0.4, -0.2) is 38.1 Å². The zero-order valence-corrected chi connectivity index (χ0v) is 12.9. The Morgan fingerprint density at radius 3 is 2.38 bits per heavy atom. The Bertz CT molecular complexity index is 659. The number of carbonyl (C=O) groups is 2. The van der Waals surface area contributed by atoms with Crippen molar-refractivity contribution < 1.29 is 32.3 Å². The minimum absolute atomic E-state index is 0.0239. The summed E-state index contributed by atoms with van der Waals surface area (Å²) >= 11 is 0. The van der Waals surface area contributed by atoms with Gasteiger partial charge in [-0.1, -0.05) is 0 Å². The standard InChI is InChI=1S/C12H17NO7S/c1-5-19-12(16)6(2)13-21(17,18)10-8(4)20-7(3)9(10)11(14)15/h6,13H,5H2,1-4H3,(H,14,15). The molecule has 1 atom stereocenters. The van der Waals surface area contributed by atoms with E-state index in [0.29, 0.717) is 0 Å². The molecule has 1 heterocycles. The van der Waals surface area contributed by atoms with Gasteiger partial charge in [-0.15, -0.1) is 0 Å². The molecule has 0 bridgehead atoms. The van der Waals surface area contributed by atoms with Gasteiger partial charge in [0.05, 0.1) is 6.61 Å². The largest absolute Gasteiger partial charge is 0.478 e. The topological polar surface area (TPSA) is 123 Å². The van der Waals surface area contributed by atoms with Gasteiger partial charge in [0.2, 0.25) is 10.0 Å². The van der Waals surface area contributed by atoms with E-state index < -0.39 is 38.5 Å². The molecular weight excluding hydrogens is 302 g/mol. The van der Waals surface area contributed by atoms with E-state index in [2.05, 4.69) is 4.72 Å². The van der Waals surface area contributed by atoms with Crippen molar-refractivity contribution in [1.29, 1.82) is 0 Å². The molecule has 1 aromatic heterocycles. The fraction of sp³-hybridized carbons (Fsp3) is 0.500. The molecule has 2 N–H and O–H groups in total. The number of hydrogen-bond donors (Lipinski definition) is 2. The molecule has 1 rings (SSSR count). The fourth-order valence-electron chi connectivity index (χ4n) is 1.84. The number of furan rings is 1. The maximum atomic E-state index is 12.3. The van der Waals surface area contributed by atoms with Gasteiger partial charge in [0.25, 0.3) is 0 Å². The smallest absolute Gasteiger partial charge is 0.340 e. The molecule has 9 heteroatoms. The highest BCUT2D eigenvalue weighted by molar-refractivity contribution is 7.89. The van der Waals surface area contributed by atoms with Gasteiger partial charge >= 0.3 is 11.9 Å². The van der Waals surface area contributed by atoms with E-state index in [1.165, 1.54) is 20.8 Å². The van der Waals surface area contributed by atoms with Crippen molar-refractivity contribution in [3.05, 3.63) is 17.1 Å². The molecule has 0 aliphatic rings. The highest BCUT2D eigenvalue weighted by Crippen LogP contribution is 2.26. The number of aromatic carboxylic acids is 1. The van der Waals surface area contributed by atoms with Crippen molar-refractivity contribution >= 4 is 22.0 Å². The molecule has 0 aromatic carbocycles. The molecule has 1 unspecified atom stereocenters. The first-order valence-corrected chi connectivity index (χ1v) is 7.62. The van der Waals surface area contributed by atoms with E-state index in [-0.39, 0.29) is 18.1 Å². The number of aryl methyl sites for hydroxylation is 2. The van der Waals surface area contributed by atoms with Crippen molar-refractivity contribution in [3.63, 3.8) is 0 Å². The molecule has 0 aliphatic heterocycles. The summed E-state index contributed by atoms with van der Waals surface area (Å²) in [5.74, 6) is -2.26. The summed E-state index contributed by atoms with van der Waals surface area (Å²) in [5.41, 5.74) is -0.448. The van der Waals surface area contributed by atoms with Crippen molar-refractivity contribution in [2.24, 2.45) is 0 Å². The van der Waals surface area contributed by atoms with E-state index in [9.17, 15) is 18.0 Å². The first-order valence-electron chi connectivity index (χ1n) is 6.14. The van der Waals surface area contributed by atoms with E-state index in [1.807, 2.05) is 0 Å². The maximum Gasteiger partial charge on any atom is 0.340 e. The molecule has 0 radical (unpaired) electrons. The van der Waals surface area contributed by atoms with Gasteiger partial charge in [0, 0.05) is 0 Å². The third-order valence-corrected chi connectivity index (χ3v) is 4.35. The lowest BCUT2D eigenvalue weighted by atomic mass is 10.2. The summed E-state index contributed by atoms with van der Waals surface area (Å²) in [7, 11) is -4.23. The molecule has 0 amide bonds. The highest BCUT2D eigenvalue weighted by Gasteiger charge is 2.33. The number of carbonyl (C=O) groups excluding carboxylic acids is 1. The van der Waals surface area contributed by atoms with Gasteiger partial charge < -0.3 is 14.3 Å². The number of nitrogens with one attached hydrogen (secondary N) is 1. The summed E-state index contributed by atoms with van der Waals surface area (Å²) in [4.78, 5) is 22.2. The quantitative estimate of drug-likeness (QED) is 0.744. The number of carboxylic acid groups (broad SMARTS) is 1. The van der Waals surface area contributed by atoms with Crippen molar-refractivity contribution in [1.82, 2.24) is 4.72 Å². The van der Waals surface area contributed by atoms with Crippen LogP contribution in [0.5, 0.6) is 0 Å². The molecule has 118 valence electrons. The third kappa shape index (κ3) is 3.61. The monoisotopic (exact) mass is 319 g/mol. The molecule has 0 fully saturated rings. The Balaban J connectivity index is 3.21. The minimum atomic E-state index is -4.23. The van der Waals surface area contributed by atoms with Crippen LogP contribution in [0.3, 0.4) is 0 Å². The number of hydrogen-bond acceptors (Lipinski definition) is 6. The van der Waals surface area contributed by atoms with Crippen LogP contribution in [0.2, 0.25) is 0 Å². The first kappa shape index (κ1) is 17.2. The van der Waals surface area contributed by atoms with Crippen LogP contribution in [0.1, 0.15) is 35.7 Å². The van der Waals surface area contributed by atoms with Crippen LogP contribution in [0.15, 0.2) is 9.31 Å². The molecular formula is C12H17NO7S. The Hall–Kier alpha value is -1.87. The Morgan fingerprint density at radius 1 is 1.33 bits per heavy atom. The van der Waals surface area contributed by atoms with Crippen LogP contribution in [0, 0.1) is 13.8 Å². The zero-order chi connectivity index (χ0) is 16.4. The van der Waals surface area contributed by atoms with Crippen LogP contribution in [0.4, 0.5) is 0 Å². The summed E-state index contributed by atoms with van der Waals surface area (Å²) in [6, 6.07) is -1.15. The van der Waals surface area contributed by atoms with Crippen LogP contribution in [0.25, 0.3) is 0 Å². The summed E-state index contributed by atoms with van der Waals surface area (Å²) in [6.07, 6.45) is 0. The Morgan fingerprint density at radius 2 is 1.90 bits per heavy atom. The third-order valence-electron chi connectivity index (χ3n) is 2.66. The zero-order valence-electron chi connectivity index (χ0n) is 12.1. The second-order valence-corrected chi connectivity index (χ2v) is 5.97. The summed E-state index contributed by atoms with van der Waals surface area (Å²) in [6.45, 7) is 5.69. The number of carboxylic acids is 1. The van der Waals surface area contributed by atoms with E-state index in [1.54, 1.807) is 6.92 Å². The van der Waals surface area contributed by atoms with Gasteiger partial charge in [0.15, 0.2) is 0 Å². The van der Waals surface area contributed by atoms with Gasteiger partial charge in [-0.2, -0.15) is 4.72 Å². The van der Waals surface area contributed by atoms with E-state index in [0.717, 1.165) is 0 Å². The van der Waals surface area contributed by atoms with Crippen molar-refractivity contribution in [3.8, 4) is 0 Å². The average Bonchev–Trinajstić information content (AvgIpc) is 2.64. The molecule has 1 aromatic rings. The van der Waals surface area contributed by atoms with Crippen molar-refractivity contribution in [2.75, 3.05) is 6.61 Å². The minimum Gasteiger partial charge on any atom is -0.478 e. The number of sulfonamides is 1.